The Labute approximate surface area is 108 Å². The Hall–Kier alpha value is -1.26. The van der Waals surface area contributed by atoms with Gasteiger partial charge in [-0.3, -0.25) is 4.79 Å². The van der Waals surface area contributed by atoms with Gasteiger partial charge in [-0.2, -0.15) is 0 Å². The summed E-state index contributed by atoms with van der Waals surface area (Å²) in [7, 11) is 0. The average molecular weight is 253 g/mol. The van der Waals surface area contributed by atoms with E-state index in [1.807, 2.05) is 25.7 Å². The number of carbonyl (C=O) groups is 2. The van der Waals surface area contributed by atoms with Crippen molar-refractivity contribution in [1.82, 2.24) is 15.5 Å². The van der Waals surface area contributed by atoms with Gasteiger partial charge < -0.3 is 15.5 Å². The maximum absolute atomic E-state index is 12.1. The van der Waals surface area contributed by atoms with Gasteiger partial charge in [-0.15, -0.1) is 0 Å². The zero-order valence-electron chi connectivity index (χ0n) is 11.5. The summed E-state index contributed by atoms with van der Waals surface area (Å²) < 4.78 is 0. The fraction of sp³-hybridized carbons (Fsp3) is 0.846. The molecule has 2 saturated heterocycles. The maximum Gasteiger partial charge on any atom is 0.317 e. The van der Waals surface area contributed by atoms with Crippen molar-refractivity contribution in [1.29, 1.82) is 0 Å². The average Bonchev–Trinajstić information content (AvgIpc) is 2.26. The van der Waals surface area contributed by atoms with Crippen molar-refractivity contribution < 1.29 is 9.59 Å². The largest absolute Gasteiger partial charge is 0.353 e. The van der Waals surface area contributed by atoms with E-state index in [0.29, 0.717) is 12.3 Å². The molecular weight excluding hydrogens is 230 g/mol. The molecule has 0 aliphatic carbocycles. The molecular formula is C13H23N3O2. The van der Waals surface area contributed by atoms with Gasteiger partial charge in [0.2, 0.25) is 5.91 Å². The highest BCUT2D eigenvalue weighted by Gasteiger charge is 2.35. The minimum Gasteiger partial charge on any atom is -0.353 e. The van der Waals surface area contributed by atoms with Crippen molar-refractivity contribution in [3.8, 4) is 0 Å². The molecule has 2 fully saturated rings. The van der Waals surface area contributed by atoms with Gasteiger partial charge in [0, 0.05) is 31.1 Å². The molecule has 0 spiro atoms. The van der Waals surface area contributed by atoms with Crippen LogP contribution in [0.5, 0.6) is 0 Å². The molecule has 102 valence electrons. The van der Waals surface area contributed by atoms with E-state index >= 15 is 0 Å². The van der Waals surface area contributed by atoms with Crippen molar-refractivity contribution in [2.24, 2.45) is 5.92 Å². The van der Waals surface area contributed by atoms with Crippen LogP contribution < -0.4 is 10.6 Å². The number of urea groups is 1. The number of likely N-dealkylation sites (tertiary alicyclic amines) is 1. The zero-order valence-corrected chi connectivity index (χ0v) is 11.5. The molecule has 2 aliphatic heterocycles. The van der Waals surface area contributed by atoms with Gasteiger partial charge in [0.1, 0.15) is 0 Å². The van der Waals surface area contributed by atoms with Crippen LogP contribution in [0.1, 0.15) is 40.0 Å². The molecule has 2 aliphatic rings. The molecule has 0 aromatic rings. The van der Waals surface area contributed by atoms with Crippen molar-refractivity contribution in [2.75, 3.05) is 13.1 Å². The number of nitrogens with one attached hydrogen (secondary N) is 2. The molecule has 18 heavy (non-hydrogen) atoms. The van der Waals surface area contributed by atoms with Crippen LogP contribution in [0.2, 0.25) is 0 Å². The van der Waals surface area contributed by atoms with Gasteiger partial charge in [-0.05, 0) is 39.5 Å². The number of piperidine rings is 2. The molecule has 3 amide bonds. The summed E-state index contributed by atoms with van der Waals surface area (Å²) in [6.07, 6.45) is 2.36. The van der Waals surface area contributed by atoms with Crippen molar-refractivity contribution in [3.63, 3.8) is 0 Å². The first-order valence-electron chi connectivity index (χ1n) is 6.71. The lowest BCUT2D eigenvalue weighted by molar-refractivity contribution is -0.125. The fourth-order valence-corrected chi connectivity index (χ4v) is 2.69. The second kappa shape index (κ2) is 4.78. The number of carbonyl (C=O) groups excluding carboxylic acids is 2. The van der Waals surface area contributed by atoms with Gasteiger partial charge >= 0.3 is 6.03 Å². The topological polar surface area (TPSA) is 61.4 Å². The summed E-state index contributed by atoms with van der Waals surface area (Å²) in [5.41, 5.74) is -0.200. The van der Waals surface area contributed by atoms with Crippen LogP contribution in [0.3, 0.4) is 0 Å². The van der Waals surface area contributed by atoms with Crippen LogP contribution in [0.25, 0.3) is 0 Å². The van der Waals surface area contributed by atoms with E-state index in [-0.39, 0.29) is 23.5 Å². The number of hydrogen-bond acceptors (Lipinski definition) is 2. The molecule has 2 heterocycles. The monoisotopic (exact) mass is 253 g/mol. The lowest BCUT2D eigenvalue weighted by atomic mass is 9.85. The summed E-state index contributed by atoms with van der Waals surface area (Å²) in [4.78, 5) is 25.3. The third-order valence-corrected chi connectivity index (χ3v) is 3.59. The van der Waals surface area contributed by atoms with E-state index in [4.69, 9.17) is 0 Å². The SMILES string of the molecule is CC(C)(C)NC(=O)N1CCC2NC(=O)CCC2C1. The van der Waals surface area contributed by atoms with Crippen LogP contribution in [0.4, 0.5) is 4.79 Å². The van der Waals surface area contributed by atoms with E-state index in [2.05, 4.69) is 10.6 Å². The Morgan fingerprint density at radius 1 is 1.39 bits per heavy atom. The second-order valence-corrected chi connectivity index (χ2v) is 6.39. The van der Waals surface area contributed by atoms with E-state index in [9.17, 15) is 9.59 Å². The maximum atomic E-state index is 12.1. The minimum absolute atomic E-state index is 0.0119. The molecule has 0 bridgehead atoms. The van der Waals surface area contributed by atoms with E-state index in [0.717, 1.165) is 25.9 Å². The molecule has 0 aromatic carbocycles. The van der Waals surface area contributed by atoms with Gasteiger partial charge in [0.05, 0.1) is 0 Å². The molecule has 2 N–H and O–H groups in total. The van der Waals surface area contributed by atoms with E-state index in [1.54, 1.807) is 0 Å². The Bertz CT molecular complexity index is 349. The first kappa shape index (κ1) is 13.2. The van der Waals surface area contributed by atoms with E-state index < -0.39 is 0 Å². The van der Waals surface area contributed by atoms with Crippen LogP contribution in [-0.4, -0.2) is 41.5 Å². The Morgan fingerprint density at radius 2 is 2.11 bits per heavy atom. The predicted molar refractivity (Wildman–Crippen MR) is 69.1 cm³/mol. The van der Waals surface area contributed by atoms with Crippen LogP contribution >= 0.6 is 0 Å². The third kappa shape index (κ3) is 3.15. The molecule has 2 unspecified atom stereocenters. The molecule has 2 rings (SSSR count). The normalized spacial score (nSPS) is 28.4. The smallest absolute Gasteiger partial charge is 0.317 e. The van der Waals surface area contributed by atoms with Crippen LogP contribution in [0.15, 0.2) is 0 Å². The molecule has 2 atom stereocenters. The molecule has 0 saturated carbocycles. The first-order chi connectivity index (χ1) is 8.35. The Kier molecular flexibility index (Phi) is 3.50. The van der Waals surface area contributed by atoms with Crippen LogP contribution in [0, 0.1) is 5.92 Å². The van der Waals surface area contributed by atoms with E-state index in [1.165, 1.54) is 0 Å². The lowest BCUT2D eigenvalue weighted by Gasteiger charge is -2.42. The highest BCUT2D eigenvalue weighted by Crippen LogP contribution is 2.25. The zero-order chi connectivity index (χ0) is 13.3. The summed E-state index contributed by atoms with van der Waals surface area (Å²) in [5, 5.41) is 6.02. The van der Waals surface area contributed by atoms with Gasteiger partial charge in [-0.25, -0.2) is 4.79 Å². The predicted octanol–water partition coefficient (Wildman–Crippen LogP) is 1.09. The van der Waals surface area contributed by atoms with Crippen molar-refractivity contribution >= 4 is 11.9 Å². The number of fused-ring (bicyclic) bond motifs is 1. The molecule has 5 nitrogen and oxygen atoms in total. The lowest BCUT2D eigenvalue weighted by Crippen LogP contribution is -2.58. The van der Waals surface area contributed by atoms with Crippen LogP contribution in [-0.2, 0) is 4.79 Å². The second-order valence-electron chi connectivity index (χ2n) is 6.39. The Balaban J connectivity index is 1.91. The summed E-state index contributed by atoms with van der Waals surface area (Å²) >= 11 is 0. The summed E-state index contributed by atoms with van der Waals surface area (Å²) in [6, 6.07) is 0.280. The number of rotatable bonds is 0. The van der Waals surface area contributed by atoms with Gasteiger partial charge in [0.15, 0.2) is 0 Å². The number of hydrogen-bond donors (Lipinski definition) is 2. The van der Waals surface area contributed by atoms with Crippen molar-refractivity contribution in [2.45, 2.75) is 51.6 Å². The molecule has 0 radical (unpaired) electrons. The number of nitrogens with zero attached hydrogens (tertiary/aromatic N) is 1. The number of amides is 3. The highest BCUT2D eigenvalue weighted by molar-refractivity contribution is 5.78. The standard InChI is InChI=1S/C13H23N3O2/c1-13(2,3)15-12(18)16-7-6-10-9(8-16)4-5-11(17)14-10/h9-10H,4-8H2,1-3H3,(H,14,17)(H,15,18). The first-order valence-corrected chi connectivity index (χ1v) is 6.71. The fourth-order valence-electron chi connectivity index (χ4n) is 2.69. The summed E-state index contributed by atoms with van der Waals surface area (Å²) in [6.45, 7) is 7.44. The van der Waals surface area contributed by atoms with Gasteiger partial charge in [0.25, 0.3) is 0 Å². The quantitative estimate of drug-likeness (QED) is 0.679. The minimum atomic E-state index is -0.200. The molecule has 0 aromatic heterocycles. The van der Waals surface area contributed by atoms with Gasteiger partial charge in [-0.1, -0.05) is 0 Å². The van der Waals surface area contributed by atoms with Crippen molar-refractivity contribution in [3.05, 3.63) is 0 Å². The Morgan fingerprint density at radius 3 is 2.78 bits per heavy atom. The summed E-state index contributed by atoms with van der Waals surface area (Å²) in [5.74, 6) is 0.575. The highest BCUT2D eigenvalue weighted by atomic mass is 16.2. The molecule has 5 heteroatoms. The third-order valence-electron chi connectivity index (χ3n) is 3.59.